The van der Waals surface area contributed by atoms with E-state index in [9.17, 15) is 0 Å². The lowest BCUT2D eigenvalue weighted by atomic mass is 10.2. The lowest BCUT2D eigenvalue weighted by molar-refractivity contribution is 0.636. The van der Waals surface area contributed by atoms with Gasteiger partial charge in [0.05, 0.1) is 0 Å². The largest absolute Gasteiger partial charge is 0.316 e. The van der Waals surface area contributed by atoms with Crippen LogP contribution in [0.3, 0.4) is 0 Å². The Morgan fingerprint density at radius 3 is 3.00 bits per heavy atom. The highest BCUT2D eigenvalue weighted by Crippen LogP contribution is 2.19. The molecule has 1 rings (SSSR count). The fourth-order valence-corrected chi connectivity index (χ4v) is 2.33. The normalized spacial score (nSPS) is 15.9. The summed E-state index contributed by atoms with van der Waals surface area (Å²) in [5.41, 5.74) is 1.68. The summed E-state index contributed by atoms with van der Waals surface area (Å²) in [5, 5.41) is 3.52. The predicted molar refractivity (Wildman–Crippen MR) is 67.0 cm³/mol. The molecule has 0 amide bonds. The van der Waals surface area contributed by atoms with Gasteiger partial charge in [-0.1, -0.05) is 11.6 Å². The summed E-state index contributed by atoms with van der Waals surface area (Å²) >= 11 is 1.95. The molecule has 0 aromatic rings. The molecule has 0 spiro atoms. The molecule has 0 atom stereocenters. The molecule has 0 fully saturated rings. The minimum Gasteiger partial charge on any atom is -0.316 e. The van der Waals surface area contributed by atoms with Gasteiger partial charge in [0.25, 0.3) is 0 Å². The van der Waals surface area contributed by atoms with Gasteiger partial charge in [0.1, 0.15) is 0 Å². The van der Waals surface area contributed by atoms with Crippen LogP contribution >= 0.6 is 11.8 Å². The Labute approximate surface area is 92.7 Å². The summed E-state index contributed by atoms with van der Waals surface area (Å²) < 4.78 is 0. The molecule has 1 N–H and O–H groups in total. The Morgan fingerprint density at radius 1 is 1.36 bits per heavy atom. The molecule has 0 heterocycles. The molecule has 0 radical (unpaired) electrons. The number of hydrogen-bond acceptors (Lipinski definition) is 2. The van der Waals surface area contributed by atoms with Crippen molar-refractivity contribution in [3.05, 3.63) is 11.6 Å². The molecule has 0 aromatic carbocycles. The van der Waals surface area contributed by atoms with Crippen molar-refractivity contribution >= 4 is 11.8 Å². The Morgan fingerprint density at radius 2 is 2.29 bits per heavy atom. The van der Waals surface area contributed by atoms with Crippen molar-refractivity contribution in [1.82, 2.24) is 5.32 Å². The zero-order valence-corrected chi connectivity index (χ0v) is 10.2. The number of nitrogens with one attached hydrogen (secondary N) is 1. The smallest absolute Gasteiger partial charge is 0.00116 e. The number of thioether (sulfide) groups is 1. The molecule has 0 aromatic heterocycles. The second-order valence-corrected chi connectivity index (χ2v) is 4.94. The molecule has 1 aliphatic carbocycles. The first-order valence-electron chi connectivity index (χ1n) is 5.81. The van der Waals surface area contributed by atoms with Crippen LogP contribution in [0, 0.1) is 0 Å². The van der Waals surface area contributed by atoms with E-state index < -0.39 is 0 Å². The lowest BCUT2D eigenvalue weighted by Crippen LogP contribution is -2.17. The van der Waals surface area contributed by atoms with Crippen molar-refractivity contribution in [2.24, 2.45) is 0 Å². The molecular formula is C12H23NS. The first-order chi connectivity index (χ1) is 6.93. The van der Waals surface area contributed by atoms with Crippen LogP contribution in [0.1, 0.15) is 38.5 Å². The van der Waals surface area contributed by atoms with E-state index in [0.717, 1.165) is 0 Å². The molecule has 82 valence electrons. The van der Waals surface area contributed by atoms with Crippen molar-refractivity contribution in [3.8, 4) is 0 Å². The molecule has 2 heteroatoms. The van der Waals surface area contributed by atoms with E-state index >= 15 is 0 Å². The summed E-state index contributed by atoms with van der Waals surface area (Å²) in [7, 11) is 0. The van der Waals surface area contributed by atoms with Gasteiger partial charge in [-0.05, 0) is 63.6 Å². The maximum absolute atomic E-state index is 3.52. The number of hydrogen-bond donors (Lipinski definition) is 1. The molecule has 1 aliphatic rings. The van der Waals surface area contributed by atoms with Crippen LogP contribution in [-0.4, -0.2) is 25.1 Å². The van der Waals surface area contributed by atoms with Crippen LogP contribution in [0.5, 0.6) is 0 Å². The summed E-state index contributed by atoms with van der Waals surface area (Å²) in [6, 6.07) is 0. The van der Waals surface area contributed by atoms with Crippen molar-refractivity contribution in [2.45, 2.75) is 38.5 Å². The summed E-state index contributed by atoms with van der Waals surface area (Å²) in [6.45, 7) is 2.39. The first kappa shape index (κ1) is 12.1. The van der Waals surface area contributed by atoms with E-state index in [1.54, 1.807) is 5.57 Å². The zero-order valence-electron chi connectivity index (χ0n) is 9.35. The monoisotopic (exact) mass is 213 g/mol. The molecule has 1 nitrogen and oxygen atoms in total. The highest BCUT2D eigenvalue weighted by atomic mass is 32.2. The minimum absolute atomic E-state index is 1.19. The topological polar surface area (TPSA) is 12.0 Å². The van der Waals surface area contributed by atoms with Crippen LogP contribution in [0.15, 0.2) is 11.6 Å². The zero-order chi connectivity index (χ0) is 10.1. The number of rotatable bonds is 8. The van der Waals surface area contributed by atoms with Crippen molar-refractivity contribution in [3.63, 3.8) is 0 Å². The minimum atomic E-state index is 1.19. The quantitative estimate of drug-likeness (QED) is 0.491. The van der Waals surface area contributed by atoms with Gasteiger partial charge in [-0.3, -0.25) is 0 Å². The van der Waals surface area contributed by atoms with Crippen molar-refractivity contribution in [2.75, 3.05) is 25.1 Å². The van der Waals surface area contributed by atoms with Gasteiger partial charge in [0, 0.05) is 0 Å². The highest BCUT2D eigenvalue weighted by molar-refractivity contribution is 7.98. The second kappa shape index (κ2) is 8.37. The first-order valence-corrected chi connectivity index (χ1v) is 7.20. The van der Waals surface area contributed by atoms with Gasteiger partial charge < -0.3 is 5.32 Å². The maximum atomic E-state index is 3.52. The van der Waals surface area contributed by atoms with E-state index in [0.29, 0.717) is 0 Å². The van der Waals surface area contributed by atoms with Crippen LogP contribution in [-0.2, 0) is 0 Å². The van der Waals surface area contributed by atoms with E-state index in [1.807, 2.05) is 11.8 Å². The van der Waals surface area contributed by atoms with Crippen molar-refractivity contribution in [1.29, 1.82) is 0 Å². The van der Waals surface area contributed by atoms with Gasteiger partial charge >= 0.3 is 0 Å². The third-order valence-electron chi connectivity index (χ3n) is 2.71. The maximum Gasteiger partial charge on any atom is -0.00116 e. The van der Waals surface area contributed by atoms with Gasteiger partial charge in [-0.25, -0.2) is 0 Å². The number of allylic oxidation sites excluding steroid dienone is 1. The average molecular weight is 213 g/mol. The molecule has 14 heavy (non-hydrogen) atoms. The molecule has 0 unspecified atom stereocenters. The van der Waals surface area contributed by atoms with Crippen LogP contribution in [0.2, 0.25) is 0 Å². The fourth-order valence-electron chi connectivity index (χ4n) is 1.83. The second-order valence-electron chi connectivity index (χ2n) is 3.95. The standard InChI is InChI=1S/C12H23NS/c1-14-11-5-4-9-13-10-8-12-6-2-3-7-12/h6,13H,2-5,7-11H2,1H3. The SMILES string of the molecule is CSCCCCNCCC1=CCCC1. The molecule has 0 saturated carbocycles. The molecular weight excluding hydrogens is 190 g/mol. The Kier molecular flexibility index (Phi) is 7.24. The highest BCUT2D eigenvalue weighted by Gasteiger charge is 2.02. The third-order valence-corrected chi connectivity index (χ3v) is 3.41. The Hall–Kier alpha value is 0.0500. The number of unbranched alkanes of at least 4 members (excludes halogenated alkanes) is 1. The van der Waals surface area contributed by atoms with Gasteiger partial charge in [-0.15, -0.1) is 0 Å². The lowest BCUT2D eigenvalue weighted by Gasteiger charge is -2.04. The molecule has 0 saturated heterocycles. The summed E-state index contributed by atoms with van der Waals surface area (Å²) in [5.74, 6) is 1.31. The van der Waals surface area contributed by atoms with Crippen LogP contribution in [0.25, 0.3) is 0 Å². The van der Waals surface area contributed by atoms with Gasteiger partial charge in [-0.2, -0.15) is 11.8 Å². The van der Waals surface area contributed by atoms with Crippen LogP contribution in [0.4, 0.5) is 0 Å². The predicted octanol–water partition coefficient (Wildman–Crippen LogP) is 3.22. The molecule has 0 aliphatic heterocycles. The third kappa shape index (κ3) is 5.71. The van der Waals surface area contributed by atoms with E-state index in [2.05, 4.69) is 17.6 Å². The Balaban J connectivity index is 1.80. The summed E-state index contributed by atoms with van der Waals surface area (Å²) in [6.07, 6.45) is 12.6. The van der Waals surface area contributed by atoms with Gasteiger partial charge in [0.2, 0.25) is 0 Å². The van der Waals surface area contributed by atoms with E-state index in [4.69, 9.17) is 0 Å². The molecule has 0 bridgehead atoms. The average Bonchev–Trinajstić information content (AvgIpc) is 2.69. The van der Waals surface area contributed by atoms with E-state index in [-0.39, 0.29) is 0 Å². The van der Waals surface area contributed by atoms with E-state index in [1.165, 1.54) is 57.4 Å². The Bertz CT molecular complexity index is 166. The fraction of sp³-hybridized carbons (Fsp3) is 0.833. The van der Waals surface area contributed by atoms with Crippen LogP contribution < -0.4 is 5.32 Å². The van der Waals surface area contributed by atoms with Gasteiger partial charge in [0.15, 0.2) is 0 Å². The summed E-state index contributed by atoms with van der Waals surface area (Å²) in [4.78, 5) is 0. The van der Waals surface area contributed by atoms with Crippen molar-refractivity contribution < 1.29 is 0 Å².